The van der Waals surface area contributed by atoms with E-state index in [0.717, 1.165) is 30.4 Å². The van der Waals surface area contributed by atoms with Gasteiger partial charge in [0.25, 0.3) is 0 Å². The molecule has 136 valence electrons. The third kappa shape index (κ3) is 2.50. The SMILES string of the molecule is CCCCc1ccc(S(=O)(=O)On2c(O)c3c(c2O)C2C=CC3=C2)cc1. The van der Waals surface area contributed by atoms with Gasteiger partial charge in [-0.2, -0.15) is 8.42 Å². The van der Waals surface area contributed by atoms with Crippen molar-refractivity contribution in [2.75, 3.05) is 0 Å². The highest BCUT2D eigenvalue weighted by molar-refractivity contribution is 7.87. The lowest BCUT2D eigenvalue weighted by atomic mass is 10.00. The van der Waals surface area contributed by atoms with Crippen molar-refractivity contribution in [3.05, 3.63) is 59.2 Å². The standard InChI is InChI=1S/C19H19NO5S/c1-2-3-4-12-5-9-15(10-6-12)26(23,24)25-20-18(21)16-13-7-8-14(11-13)17(16)19(20)22/h5-11,13,21-22H,2-4H2,1H3. The van der Waals surface area contributed by atoms with Crippen molar-refractivity contribution in [1.29, 1.82) is 0 Å². The molecule has 0 aliphatic heterocycles. The first-order chi connectivity index (χ1) is 12.4. The zero-order valence-corrected chi connectivity index (χ0v) is 15.0. The molecular formula is C19H19NO5S. The Morgan fingerprint density at radius 2 is 1.88 bits per heavy atom. The van der Waals surface area contributed by atoms with Gasteiger partial charge in [-0.3, -0.25) is 4.28 Å². The molecule has 2 aromatic rings. The molecular weight excluding hydrogens is 354 g/mol. The van der Waals surface area contributed by atoms with Gasteiger partial charge in [-0.05, 0) is 36.1 Å². The van der Waals surface area contributed by atoms with E-state index in [4.69, 9.17) is 4.28 Å². The number of nitrogens with zero attached hydrogens (tertiary/aromatic N) is 1. The molecule has 0 spiro atoms. The summed E-state index contributed by atoms with van der Waals surface area (Å²) in [6, 6.07) is 6.44. The second-order valence-electron chi connectivity index (χ2n) is 6.51. The quantitative estimate of drug-likeness (QED) is 0.812. The van der Waals surface area contributed by atoms with E-state index in [9.17, 15) is 18.6 Å². The fraction of sp³-hybridized carbons (Fsp3) is 0.263. The summed E-state index contributed by atoms with van der Waals surface area (Å²) in [5.74, 6) is -0.990. The maximum atomic E-state index is 12.5. The molecule has 2 aliphatic carbocycles. The molecule has 4 rings (SSSR count). The molecule has 1 unspecified atom stereocenters. The number of rotatable bonds is 6. The Hall–Kier alpha value is -2.67. The Morgan fingerprint density at radius 3 is 2.54 bits per heavy atom. The number of hydrogen-bond donors (Lipinski definition) is 2. The molecule has 0 fully saturated rings. The molecule has 0 radical (unpaired) electrons. The number of aryl methyl sites for hydroxylation is 1. The number of aromatic hydroxyl groups is 2. The van der Waals surface area contributed by atoms with Crippen molar-refractivity contribution in [3.8, 4) is 11.8 Å². The molecule has 2 bridgehead atoms. The predicted octanol–water partition coefficient (Wildman–Crippen LogP) is 3.11. The van der Waals surface area contributed by atoms with Crippen LogP contribution in [0.3, 0.4) is 0 Å². The summed E-state index contributed by atoms with van der Waals surface area (Å²) in [6.45, 7) is 2.10. The fourth-order valence-corrected chi connectivity index (χ4v) is 4.31. The van der Waals surface area contributed by atoms with Gasteiger partial charge in [-0.1, -0.05) is 48.4 Å². The van der Waals surface area contributed by atoms with Crippen LogP contribution in [-0.4, -0.2) is 23.4 Å². The zero-order valence-electron chi connectivity index (χ0n) is 14.2. The van der Waals surface area contributed by atoms with E-state index in [0.29, 0.717) is 15.9 Å². The van der Waals surface area contributed by atoms with Crippen LogP contribution in [0.15, 0.2) is 47.4 Å². The predicted molar refractivity (Wildman–Crippen MR) is 96.4 cm³/mol. The molecule has 26 heavy (non-hydrogen) atoms. The van der Waals surface area contributed by atoms with Gasteiger partial charge < -0.3 is 10.2 Å². The van der Waals surface area contributed by atoms with Crippen LogP contribution >= 0.6 is 0 Å². The summed E-state index contributed by atoms with van der Waals surface area (Å²) in [5, 5.41) is 20.7. The Balaban J connectivity index is 1.62. The summed E-state index contributed by atoms with van der Waals surface area (Å²) in [6.07, 6.45) is 8.55. The number of allylic oxidation sites excluding steroid dienone is 4. The van der Waals surface area contributed by atoms with Crippen molar-refractivity contribution < 1.29 is 22.9 Å². The van der Waals surface area contributed by atoms with Crippen LogP contribution in [0.4, 0.5) is 0 Å². The third-order valence-corrected chi connectivity index (χ3v) is 5.98. The molecule has 2 N–H and O–H groups in total. The van der Waals surface area contributed by atoms with Crippen molar-refractivity contribution in [2.24, 2.45) is 0 Å². The maximum absolute atomic E-state index is 12.5. The molecule has 1 aromatic carbocycles. The van der Waals surface area contributed by atoms with Crippen LogP contribution in [0.25, 0.3) is 5.57 Å². The topological polar surface area (TPSA) is 88.8 Å². The average molecular weight is 373 g/mol. The zero-order chi connectivity index (χ0) is 18.5. The first-order valence-corrected chi connectivity index (χ1v) is 9.94. The summed E-state index contributed by atoms with van der Waals surface area (Å²) in [4.78, 5) is -0.0364. The van der Waals surface area contributed by atoms with Gasteiger partial charge in [0.05, 0.1) is 5.56 Å². The van der Waals surface area contributed by atoms with Gasteiger partial charge in [0.15, 0.2) is 0 Å². The molecule has 0 saturated carbocycles. The fourth-order valence-electron chi connectivity index (χ4n) is 3.42. The lowest BCUT2D eigenvalue weighted by Gasteiger charge is -2.10. The minimum Gasteiger partial charge on any atom is -0.492 e. The Labute approximate surface area is 151 Å². The van der Waals surface area contributed by atoms with E-state index in [2.05, 4.69) is 6.92 Å². The average Bonchev–Trinajstić information content (AvgIpc) is 3.30. The van der Waals surface area contributed by atoms with Gasteiger partial charge in [0, 0.05) is 11.5 Å². The van der Waals surface area contributed by atoms with E-state index >= 15 is 0 Å². The van der Waals surface area contributed by atoms with E-state index in [1.807, 2.05) is 18.2 Å². The lowest BCUT2D eigenvalue weighted by molar-refractivity contribution is 0.202. The highest BCUT2D eigenvalue weighted by atomic mass is 32.2. The molecule has 2 aliphatic rings. The van der Waals surface area contributed by atoms with Crippen molar-refractivity contribution >= 4 is 15.7 Å². The van der Waals surface area contributed by atoms with Crippen LogP contribution in [0.2, 0.25) is 0 Å². The lowest BCUT2D eigenvalue weighted by Crippen LogP contribution is -2.20. The summed E-state index contributed by atoms with van der Waals surface area (Å²) >= 11 is 0. The molecule has 0 saturated heterocycles. The largest absolute Gasteiger partial charge is 0.492 e. The van der Waals surface area contributed by atoms with E-state index in [-0.39, 0.29) is 10.8 Å². The normalized spacial score (nSPS) is 17.4. The van der Waals surface area contributed by atoms with E-state index < -0.39 is 21.9 Å². The highest BCUT2D eigenvalue weighted by Crippen LogP contribution is 2.52. The first-order valence-electron chi connectivity index (χ1n) is 8.53. The Bertz CT molecular complexity index is 1030. The maximum Gasteiger partial charge on any atom is 0.357 e. The summed E-state index contributed by atoms with van der Waals surface area (Å²) in [5.41, 5.74) is 2.68. The van der Waals surface area contributed by atoms with E-state index in [1.54, 1.807) is 12.1 Å². The number of unbranched alkanes of at least 4 members (excludes halogenated alkanes) is 1. The minimum atomic E-state index is -4.19. The molecule has 1 atom stereocenters. The van der Waals surface area contributed by atoms with Crippen molar-refractivity contribution in [3.63, 3.8) is 0 Å². The summed E-state index contributed by atoms with van der Waals surface area (Å²) in [7, 11) is -4.19. The summed E-state index contributed by atoms with van der Waals surface area (Å²) < 4.78 is 30.7. The van der Waals surface area contributed by atoms with Crippen LogP contribution in [0.5, 0.6) is 11.8 Å². The van der Waals surface area contributed by atoms with Crippen LogP contribution in [0, 0.1) is 0 Å². The number of aromatic nitrogens is 1. The Morgan fingerprint density at radius 1 is 1.15 bits per heavy atom. The molecule has 6 nitrogen and oxygen atoms in total. The van der Waals surface area contributed by atoms with Crippen molar-refractivity contribution in [1.82, 2.24) is 4.73 Å². The molecule has 0 amide bonds. The number of hydrogen-bond acceptors (Lipinski definition) is 5. The third-order valence-electron chi connectivity index (χ3n) is 4.79. The molecule has 1 heterocycles. The van der Waals surface area contributed by atoms with Gasteiger partial charge in [0.2, 0.25) is 11.8 Å². The van der Waals surface area contributed by atoms with Crippen LogP contribution < -0.4 is 4.28 Å². The van der Waals surface area contributed by atoms with Crippen molar-refractivity contribution in [2.45, 2.75) is 37.0 Å². The monoisotopic (exact) mass is 373 g/mol. The first kappa shape index (κ1) is 16.8. The smallest absolute Gasteiger partial charge is 0.357 e. The van der Waals surface area contributed by atoms with Gasteiger partial charge in [-0.15, -0.1) is 0 Å². The molecule has 7 heteroatoms. The number of benzene rings is 1. The van der Waals surface area contributed by atoms with Crippen LogP contribution in [0.1, 0.15) is 42.4 Å². The number of fused-ring (bicyclic) bond motifs is 4. The molecule has 1 aromatic heterocycles. The van der Waals surface area contributed by atoms with Crippen LogP contribution in [-0.2, 0) is 16.5 Å². The van der Waals surface area contributed by atoms with Gasteiger partial charge >= 0.3 is 10.1 Å². The van der Waals surface area contributed by atoms with Gasteiger partial charge in [0.1, 0.15) is 4.90 Å². The second kappa shape index (κ2) is 5.95. The Kier molecular flexibility index (Phi) is 3.84. The van der Waals surface area contributed by atoms with Gasteiger partial charge in [-0.25, -0.2) is 0 Å². The highest BCUT2D eigenvalue weighted by Gasteiger charge is 2.37. The minimum absolute atomic E-state index is 0.0364. The van der Waals surface area contributed by atoms with E-state index in [1.165, 1.54) is 12.1 Å². The second-order valence-corrected chi connectivity index (χ2v) is 8.04.